The summed E-state index contributed by atoms with van der Waals surface area (Å²) >= 11 is 0. The summed E-state index contributed by atoms with van der Waals surface area (Å²) in [6.45, 7) is 4.50. The van der Waals surface area contributed by atoms with Crippen LogP contribution in [0.4, 0.5) is 0 Å². The molecule has 0 spiro atoms. The first kappa shape index (κ1) is 20.4. The second-order valence-electron chi connectivity index (χ2n) is 6.18. The van der Waals surface area contributed by atoms with Gasteiger partial charge >= 0.3 is 0 Å². The Kier molecular flexibility index (Phi) is 7.11. The highest BCUT2D eigenvalue weighted by Crippen LogP contribution is 2.37. The van der Waals surface area contributed by atoms with Crippen LogP contribution in [-0.2, 0) is 20.1 Å². The first-order valence-electron chi connectivity index (χ1n) is 9.49. The van der Waals surface area contributed by atoms with E-state index in [-0.39, 0.29) is 0 Å². The van der Waals surface area contributed by atoms with E-state index in [1.54, 1.807) is 0 Å². The average Bonchev–Trinajstić information content (AvgIpc) is 2.76. The highest BCUT2D eigenvalue weighted by Gasteiger charge is 2.37. The molecule has 0 fully saturated rings. The van der Waals surface area contributed by atoms with Gasteiger partial charge in [-0.1, -0.05) is 84.9 Å². The number of carbonyl (C=O) groups excluding carboxylic acids is 1. The van der Waals surface area contributed by atoms with Crippen molar-refractivity contribution >= 4 is 30.1 Å². The lowest BCUT2D eigenvalue weighted by Crippen LogP contribution is -2.40. The number of hydrogen-bond acceptors (Lipinski definition) is 3. The summed E-state index contributed by atoms with van der Waals surface area (Å²) in [4.78, 5) is 12.2. The normalized spacial score (nSPS) is 11.5. The molecule has 0 saturated heterocycles. The van der Waals surface area contributed by atoms with Gasteiger partial charge in [-0.25, -0.2) is 0 Å². The van der Waals surface area contributed by atoms with Gasteiger partial charge in [0.25, 0.3) is 5.79 Å². The fraction of sp³-hybridized carbons (Fsp3) is 0.208. The van der Waals surface area contributed by atoms with Crippen LogP contribution in [0.25, 0.3) is 0 Å². The molecule has 0 N–H and O–H groups in total. The second-order valence-corrected chi connectivity index (χ2v) is 8.36. The third kappa shape index (κ3) is 4.23. The maximum Gasteiger partial charge on any atom is 0.253 e. The molecule has 0 aliphatic heterocycles. The Balaban J connectivity index is 2.24. The molecule has 3 aromatic rings. The van der Waals surface area contributed by atoms with Crippen molar-refractivity contribution in [1.82, 2.24) is 0 Å². The molecular weight excluding hydrogens is 367 g/mol. The topological polar surface area (TPSA) is 35.5 Å². The predicted octanol–water partition coefficient (Wildman–Crippen LogP) is 3.87. The molecular formula is C24H25O3P. The van der Waals surface area contributed by atoms with Crippen molar-refractivity contribution in [2.45, 2.75) is 19.6 Å². The Morgan fingerprint density at radius 1 is 0.750 bits per heavy atom. The van der Waals surface area contributed by atoms with Crippen molar-refractivity contribution in [3.8, 4) is 0 Å². The van der Waals surface area contributed by atoms with Gasteiger partial charge in [-0.05, 0) is 37.7 Å². The molecule has 3 rings (SSSR count). The van der Waals surface area contributed by atoms with Gasteiger partial charge in [0.1, 0.15) is 0 Å². The van der Waals surface area contributed by atoms with E-state index in [9.17, 15) is 4.79 Å². The van der Waals surface area contributed by atoms with E-state index in [2.05, 4.69) is 30.3 Å². The van der Waals surface area contributed by atoms with Crippen molar-refractivity contribution in [1.29, 1.82) is 0 Å². The molecule has 0 aliphatic rings. The second kappa shape index (κ2) is 9.75. The molecule has 3 nitrogen and oxygen atoms in total. The van der Waals surface area contributed by atoms with Gasteiger partial charge < -0.3 is 9.47 Å². The zero-order valence-corrected chi connectivity index (χ0v) is 17.1. The SMILES string of the molecule is CCOC(C=O)(OCC)c1ccccc1P(c1ccccc1)c1ccccc1. The highest BCUT2D eigenvalue weighted by atomic mass is 31.1. The van der Waals surface area contributed by atoms with Crippen molar-refractivity contribution in [2.24, 2.45) is 0 Å². The third-order valence-corrected chi connectivity index (χ3v) is 6.92. The number of ether oxygens (including phenoxy) is 2. The summed E-state index contributed by atoms with van der Waals surface area (Å²) < 4.78 is 11.8. The van der Waals surface area contributed by atoms with Gasteiger partial charge in [-0.3, -0.25) is 4.79 Å². The van der Waals surface area contributed by atoms with Crippen LogP contribution in [-0.4, -0.2) is 19.5 Å². The summed E-state index contributed by atoms with van der Waals surface area (Å²) in [5.41, 5.74) is 0.771. The van der Waals surface area contributed by atoms with Gasteiger partial charge in [-0.15, -0.1) is 0 Å². The predicted molar refractivity (Wildman–Crippen MR) is 116 cm³/mol. The molecule has 0 bridgehead atoms. The van der Waals surface area contributed by atoms with Crippen molar-refractivity contribution in [3.05, 3.63) is 90.5 Å². The maximum absolute atomic E-state index is 12.2. The first-order chi connectivity index (χ1) is 13.8. The fourth-order valence-corrected chi connectivity index (χ4v) is 5.80. The third-order valence-electron chi connectivity index (χ3n) is 4.42. The van der Waals surface area contributed by atoms with Crippen LogP contribution >= 0.6 is 7.92 Å². The van der Waals surface area contributed by atoms with E-state index >= 15 is 0 Å². The van der Waals surface area contributed by atoms with Gasteiger partial charge in [0.15, 0.2) is 6.29 Å². The minimum absolute atomic E-state index is 0.377. The lowest BCUT2D eigenvalue weighted by Gasteiger charge is -2.32. The molecule has 0 saturated carbocycles. The molecule has 0 aliphatic carbocycles. The number of hydrogen-bond donors (Lipinski definition) is 0. The van der Waals surface area contributed by atoms with Crippen molar-refractivity contribution in [3.63, 3.8) is 0 Å². The van der Waals surface area contributed by atoms with Crippen LogP contribution in [0.5, 0.6) is 0 Å². The van der Waals surface area contributed by atoms with Crippen molar-refractivity contribution in [2.75, 3.05) is 13.2 Å². The number of carbonyl (C=O) groups is 1. The molecule has 0 aromatic heterocycles. The molecule has 0 atom stereocenters. The summed E-state index contributed by atoms with van der Waals surface area (Å²) in [7, 11) is -0.877. The summed E-state index contributed by atoms with van der Waals surface area (Å²) in [6, 6.07) is 28.7. The first-order valence-corrected chi connectivity index (χ1v) is 10.8. The molecule has 0 unspecified atom stereocenters. The monoisotopic (exact) mass is 392 g/mol. The smallest absolute Gasteiger partial charge is 0.253 e. The average molecular weight is 392 g/mol. The van der Waals surface area contributed by atoms with E-state index in [0.29, 0.717) is 13.2 Å². The van der Waals surface area contributed by atoms with Crippen LogP contribution in [0.2, 0.25) is 0 Å². The number of aldehydes is 1. The zero-order chi connectivity index (χ0) is 19.8. The Morgan fingerprint density at radius 2 is 1.21 bits per heavy atom. The fourth-order valence-electron chi connectivity index (χ4n) is 3.30. The molecule has 0 heterocycles. The van der Waals surface area contributed by atoms with E-state index in [1.165, 1.54) is 10.6 Å². The standard InChI is InChI=1S/C24H25O3P/c1-3-26-24(19-25,27-4-2)22-17-11-12-18-23(22)28(20-13-7-5-8-14-20)21-15-9-6-10-16-21/h5-19H,3-4H2,1-2H3. The Bertz CT molecular complexity index is 835. The van der Waals surface area contributed by atoms with Crippen LogP contribution in [0, 0.1) is 0 Å². The summed E-state index contributed by atoms with van der Waals surface area (Å²) in [5, 5.41) is 3.48. The number of rotatable bonds is 9. The summed E-state index contributed by atoms with van der Waals surface area (Å²) in [6.07, 6.45) is 0.780. The lowest BCUT2D eigenvalue weighted by atomic mass is 10.1. The van der Waals surface area contributed by atoms with Gasteiger partial charge in [0, 0.05) is 18.8 Å². The van der Waals surface area contributed by atoms with E-state index in [0.717, 1.165) is 17.2 Å². The largest absolute Gasteiger partial charge is 0.340 e. The molecule has 0 radical (unpaired) electrons. The highest BCUT2D eigenvalue weighted by molar-refractivity contribution is 7.79. The molecule has 4 heteroatoms. The molecule has 3 aromatic carbocycles. The van der Waals surface area contributed by atoms with Gasteiger partial charge in [-0.2, -0.15) is 0 Å². The molecule has 28 heavy (non-hydrogen) atoms. The summed E-state index contributed by atoms with van der Waals surface area (Å²) in [5.74, 6) is -1.40. The van der Waals surface area contributed by atoms with Crippen molar-refractivity contribution < 1.29 is 14.3 Å². The minimum atomic E-state index is -1.40. The Morgan fingerprint density at radius 3 is 1.68 bits per heavy atom. The number of benzene rings is 3. The Labute approximate surface area is 168 Å². The molecule has 144 valence electrons. The minimum Gasteiger partial charge on any atom is -0.340 e. The van der Waals surface area contributed by atoms with Crippen LogP contribution in [0.15, 0.2) is 84.9 Å². The van der Waals surface area contributed by atoms with Crippen LogP contribution in [0.1, 0.15) is 19.4 Å². The van der Waals surface area contributed by atoms with Crippen LogP contribution in [0.3, 0.4) is 0 Å². The van der Waals surface area contributed by atoms with Crippen LogP contribution < -0.4 is 15.9 Å². The van der Waals surface area contributed by atoms with Gasteiger partial charge in [0.2, 0.25) is 0 Å². The quantitative estimate of drug-likeness (QED) is 0.315. The van der Waals surface area contributed by atoms with E-state index in [4.69, 9.17) is 9.47 Å². The zero-order valence-electron chi connectivity index (χ0n) is 16.2. The Hall–Kier alpha value is -2.32. The van der Waals surface area contributed by atoms with E-state index < -0.39 is 13.7 Å². The van der Waals surface area contributed by atoms with E-state index in [1.807, 2.05) is 68.4 Å². The lowest BCUT2D eigenvalue weighted by molar-refractivity contribution is -0.222. The molecule has 0 amide bonds. The van der Waals surface area contributed by atoms with Gasteiger partial charge in [0.05, 0.1) is 0 Å². The maximum atomic E-state index is 12.2.